The van der Waals surface area contributed by atoms with Gasteiger partial charge in [0.1, 0.15) is 0 Å². The number of hydrogen-bond acceptors (Lipinski definition) is 0. The zero-order valence-corrected chi connectivity index (χ0v) is 35.1. The number of hydrogen-bond donors (Lipinski definition) is 0. The van der Waals surface area contributed by atoms with E-state index in [0.29, 0.717) is 0 Å². The van der Waals surface area contributed by atoms with Crippen LogP contribution in [0.4, 0.5) is 0 Å². The van der Waals surface area contributed by atoms with Crippen LogP contribution in [0.1, 0.15) is 40.5 Å². The molecule has 0 spiro atoms. The molecule has 0 saturated heterocycles. The average molecular weight is 887 g/mol. The number of benzene rings is 4. The van der Waals surface area contributed by atoms with Gasteiger partial charge in [-0.3, -0.25) is 12.2 Å². The number of allylic oxidation sites excluding steroid dienone is 8. The van der Waals surface area contributed by atoms with E-state index in [1.165, 1.54) is 49.5 Å². The van der Waals surface area contributed by atoms with Gasteiger partial charge in [0.15, 0.2) is 0 Å². The molecule has 6 aromatic carbocycles. The first-order valence-electron chi connectivity index (χ1n) is 14.9. The van der Waals surface area contributed by atoms with Gasteiger partial charge in [-0.1, -0.05) is 72.8 Å². The third-order valence-corrected chi connectivity index (χ3v) is 6.22. The van der Waals surface area contributed by atoms with Gasteiger partial charge in [0.05, 0.1) is 0 Å². The summed E-state index contributed by atoms with van der Waals surface area (Å²) in [7, 11) is 0. The molecule has 0 unspecified atom stereocenters. The van der Waals surface area contributed by atoms with Crippen molar-refractivity contribution >= 4 is 49.5 Å². The molecule has 0 atom stereocenters. The third-order valence-electron chi connectivity index (χ3n) is 6.22. The van der Waals surface area contributed by atoms with Crippen molar-refractivity contribution in [1.82, 2.24) is 0 Å². The minimum absolute atomic E-state index is 0. The summed E-state index contributed by atoms with van der Waals surface area (Å²) < 4.78 is 3.01. The average Bonchev–Trinajstić information content (AvgIpc) is 3.85. The van der Waals surface area contributed by atoms with E-state index in [0.717, 1.165) is 12.8 Å². The maximum atomic E-state index is 2.99. The van der Waals surface area contributed by atoms with Crippen molar-refractivity contribution in [3.8, 4) is 0 Å². The monoisotopic (exact) mass is 882 g/mol. The molecule has 2 aliphatic rings. The van der Waals surface area contributed by atoms with Crippen LogP contribution in [0.3, 0.4) is 0 Å². The molecule has 0 heterocycles. The Bertz CT molecular complexity index is 1630. The molecule has 8 rings (SSSR count). The quantitative estimate of drug-likeness (QED) is 0.176. The van der Waals surface area contributed by atoms with Gasteiger partial charge in [0.2, 0.25) is 0 Å². The second-order valence-corrected chi connectivity index (χ2v) is 15.6. The van der Waals surface area contributed by atoms with Crippen molar-refractivity contribution in [3.63, 3.8) is 0 Å². The Labute approximate surface area is 326 Å². The molecule has 0 fully saturated rings. The van der Waals surface area contributed by atoms with Crippen molar-refractivity contribution < 1.29 is 82.4 Å². The Balaban J connectivity index is 0.000000298. The van der Waals surface area contributed by atoms with Crippen LogP contribution in [-0.4, -0.2) is 6.41 Å². The Kier molecular flexibility index (Phi) is 22.2. The van der Waals surface area contributed by atoms with Gasteiger partial charge in [0, 0.05) is 0 Å². The standard InChI is InChI=1S/2C13H9.2C5H5.2C3H6.2BrH.2Zr/c2*1-3-7-12-10(5-1)9-11-6-2-4-8-13(11)12;2*1-2-4-5-3-1;2*1-3-2;;;;/h2*1-9H;2*1-3H,4H2;2*1-2H3;2*1H;;/q4*-1;;;;;2*+2/p-2. The summed E-state index contributed by atoms with van der Waals surface area (Å²) in [6, 6.07) is 38.5. The molecular weight excluding hydrogens is 847 g/mol. The minimum Gasteiger partial charge on any atom is -1.00 e. The van der Waals surface area contributed by atoms with Crippen LogP contribution in [0.25, 0.3) is 43.1 Å². The van der Waals surface area contributed by atoms with E-state index >= 15 is 0 Å². The Hall–Kier alpha value is -1.95. The second-order valence-electron chi connectivity index (χ2n) is 10.6. The number of halogens is 2. The predicted octanol–water partition coefficient (Wildman–Crippen LogP) is 5.53. The van der Waals surface area contributed by atoms with Gasteiger partial charge in [0.25, 0.3) is 0 Å². The maximum Gasteiger partial charge on any atom is -0.0771 e. The van der Waals surface area contributed by atoms with Crippen LogP contribution in [0, 0.1) is 12.2 Å². The van der Waals surface area contributed by atoms with E-state index in [9.17, 15) is 0 Å². The summed E-state index contributed by atoms with van der Waals surface area (Å²) in [5, 5.41) is 10.8. The molecule has 2 aliphatic carbocycles. The topological polar surface area (TPSA) is 0 Å². The summed E-state index contributed by atoms with van der Waals surface area (Å²) in [5.74, 6) is 0. The van der Waals surface area contributed by atoms with Crippen molar-refractivity contribution in [3.05, 3.63) is 158 Å². The van der Waals surface area contributed by atoms with Gasteiger partial charge >= 0.3 is 82.6 Å². The van der Waals surface area contributed by atoms with E-state index < -0.39 is 0 Å². The maximum absolute atomic E-state index is 2.99. The molecule has 0 radical (unpaired) electrons. The molecule has 0 saturated carbocycles. The van der Waals surface area contributed by atoms with Crippen LogP contribution in [0.2, 0.25) is 0 Å². The SMILES string of the molecule is C[C](C)=[Zr+2].C[C](C)=[Zr+2].[Br-].[Br-].[C-]1=CC=CC1.[C-]1=CC=CC1.c1ccc2c(c1)[cH-]c1ccccc12.c1ccc2c(c1)[cH-]c1ccccc12. The molecule has 0 aromatic heterocycles. The first-order chi connectivity index (χ1) is 21.4. The third kappa shape index (κ3) is 15.3. The van der Waals surface area contributed by atoms with Gasteiger partial charge < -0.3 is 34.0 Å². The normalized spacial score (nSPS) is 11.3. The molecule has 0 amide bonds. The van der Waals surface area contributed by atoms with E-state index in [4.69, 9.17) is 0 Å². The van der Waals surface area contributed by atoms with Crippen molar-refractivity contribution in [2.24, 2.45) is 0 Å². The van der Waals surface area contributed by atoms with Crippen molar-refractivity contribution in [1.29, 1.82) is 0 Å². The molecule has 4 heteroatoms. The Morgan fingerprint density at radius 2 is 0.717 bits per heavy atom. The molecule has 46 heavy (non-hydrogen) atoms. The van der Waals surface area contributed by atoms with Gasteiger partial charge in [-0.15, -0.1) is 92.3 Å². The Morgan fingerprint density at radius 1 is 0.478 bits per heavy atom. The molecule has 0 nitrogen and oxygen atoms in total. The molecule has 232 valence electrons. The van der Waals surface area contributed by atoms with Crippen LogP contribution < -0.4 is 34.0 Å². The van der Waals surface area contributed by atoms with E-state index in [1.54, 1.807) is 48.5 Å². The van der Waals surface area contributed by atoms with Crippen molar-refractivity contribution in [2.75, 3.05) is 0 Å². The van der Waals surface area contributed by atoms with Crippen LogP contribution in [0.5, 0.6) is 0 Å². The molecule has 0 aliphatic heterocycles. The number of fused-ring (bicyclic) bond motifs is 6. The van der Waals surface area contributed by atoms with E-state index in [-0.39, 0.29) is 34.0 Å². The van der Waals surface area contributed by atoms with Gasteiger partial charge in [-0.2, -0.15) is 12.2 Å². The summed E-state index contributed by atoms with van der Waals surface area (Å²) in [6.45, 7) is 8.49. The molecular formula is C42H40Br2Zr2-2. The fourth-order valence-corrected chi connectivity index (χ4v) is 4.49. The Morgan fingerprint density at radius 3 is 0.891 bits per heavy atom. The first kappa shape index (κ1) is 42.1. The smallest absolute Gasteiger partial charge is 0.0771 e. The minimum atomic E-state index is 0. The first-order valence-corrected chi connectivity index (χ1v) is 17.4. The fourth-order valence-electron chi connectivity index (χ4n) is 4.49. The molecule has 0 bridgehead atoms. The zero-order chi connectivity index (χ0) is 31.6. The van der Waals surface area contributed by atoms with Crippen molar-refractivity contribution in [2.45, 2.75) is 40.5 Å². The van der Waals surface area contributed by atoms with Crippen LogP contribution in [-0.2, 0) is 48.5 Å². The second kappa shape index (κ2) is 24.2. The number of rotatable bonds is 0. The summed E-state index contributed by atoms with van der Waals surface area (Å²) in [5.41, 5.74) is 0. The van der Waals surface area contributed by atoms with Crippen LogP contribution >= 0.6 is 0 Å². The van der Waals surface area contributed by atoms with E-state index in [2.05, 4.69) is 161 Å². The molecule has 6 aromatic rings. The molecule has 0 N–H and O–H groups in total. The predicted molar refractivity (Wildman–Crippen MR) is 190 cm³/mol. The summed E-state index contributed by atoms with van der Waals surface area (Å²) in [4.78, 5) is 0. The van der Waals surface area contributed by atoms with Gasteiger partial charge in [-0.05, 0) is 0 Å². The van der Waals surface area contributed by atoms with E-state index in [1.807, 2.05) is 24.3 Å². The largest absolute Gasteiger partial charge is 1.00 e. The zero-order valence-electron chi connectivity index (χ0n) is 27.0. The fraction of sp³-hybridized carbons (Fsp3) is 0.143. The van der Waals surface area contributed by atoms with Crippen LogP contribution in [0.15, 0.2) is 146 Å². The summed E-state index contributed by atoms with van der Waals surface area (Å²) in [6.07, 6.45) is 20.0. The summed E-state index contributed by atoms with van der Waals surface area (Å²) >= 11 is 3.11. The van der Waals surface area contributed by atoms with Gasteiger partial charge in [-0.25, -0.2) is 24.3 Å².